The molecule has 2 unspecified atom stereocenters. The van der Waals surface area contributed by atoms with E-state index in [-0.39, 0.29) is 23.5 Å². The topological polar surface area (TPSA) is 76.0 Å². The van der Waals surface area contributed by atoms with E-state index in [1.165, 1.54) is 0 Å². The Morgan fingerprint density at radius 1 is 1.44 bits per heavy atom. The van der Waals surface area contributed by atoms with Crippen LogP contribution in [-0.2, 0) is 17.1 Å². The standard InChI is InChI=1S/C10H16N4O2S.ClH/c1-6-12-9(5-14(6)2)17(15,16)13-10-7-3-11-4-8(7)10;/h5,7-8,10-11,13H,3-4H2,1-2H3;1H. The fourth-order valence-electron chi connectivity index (χ4n) is 2.49. The summed E-state index contributed by atoms with van der Waals surface area (Å²) < 4.78 is 28.6. The lowest BCUT2D eigenvalue weighted by molar-refractivity contribution is 0.562. The van der Waals surface area contributed by atoms with Gasteiger partial charge in [0, 0.05) is 19.3 Å². The van der Waals surface area contributed by atoms with Crippen LogP contribution >= 0.6 is 12.4 Å². The SMILES string of the molecule is Cc1nc(S(=O)(=O)NC2C3CNCC32)cn1C.Cl. The number of rotatable bonds is 3. The normalized spacial score (nSPS) is 29.8. The molecule has 3 rings (SSSR count). The Morgan fingerprint density at radius 3 is 2.56 bits per heavy atom. The van der Waals surface area contributed by atoms with E-state index in [0.29, 0.717) is 17.7 Å². The first-order valence-electron chi connectivity index (χ1n) is 5.72. The maximum absolute atomic E-state index is 12.1. The van der Waals surface area contributed by atoms with E-state index in [1.807, 2.05) is 0 Å². The second kappa shape index (κ2) is 4.48. The minimum Gasteiger partial charge on any atom is -0.337 e. The van der Waals surface area contributed by atoms with E-state index in [0.717, 1.165) is 13.1 Å². The quantitative estimate of drug-likeness (QED) is 0.798. The lowest BCUT2D eigenvalue weighted by Gasteiger charge is -2.06. The number of hydrogen-bond acceptors (Lipinski definition) is 4. The van der Waals surface area contributed by atoms with Gasteiger partial charge >= 0.3 is 0 Å². The van der Waals surface area contributed by atoms with Crippen molar-refractivity contribution >= 4 is 22.4 Å². The molecule has 0 spiro atoms. The summed E-state index contributed by atoms with van der Waals surface area (Å²) in [5.74, 6) is 1.63. The van der Waals surface area contributed by atoms with Crippen LogP contribution in [0.25, 0.3) is 0 Å². The first kappa shape index (κ1) is 13.8. The molecule has 1 saturated carbocycles. The monoisotopic (exact) mass is 292 g/mol. The molecular formula is C10H17ClN4O2S. The van der Waals surface area contributed by atoms with Crippen molar-refractivity contribution in [1.82, 2.24) is 19.6 Å². The van der Waals surface area contributed by atoms with Gasteiger partial charge in [0.15, 0.2) is 5.03 Å². The summed E-state index contributed by atoms with van der Waals surface area (Å²) in [5, 5.41) is 3.36. The lowest BCUT2D eigenvalue weighted by atomic mass is 10.4. The van der Waals surface area contributed by atoms with Crippen LogP contribution in [0.15, 0.2) is 11.2 Å². The maximum Gasteiger partial charge on any atom is 0.259 e. The van der Waals surface area contributed by atoms with Gasteiger partial charge in [-0.2, -0.15) is 0 Å². The van der Waals surface area contributed by atoms with Gasteiger partial charge in [-0.3, -0.25) is 0 Å². The zero-order valence-corrected chi connectivity index (χ0v) is 11.9. The van der Waals surface area contributed by atoms with Crippen LogP contribution in [0.1, 0.15) is 5.82 Å². The molecule has 2 N–H and O–H groups in total. The fourth-order valence-corrected chi connectivity index (χ4v) is 3.87. The molecule has 18 heavy (non-hydrogen) atoms. The summed E-state index contributed by atoms with van der Waals surface area (Å²) in [6, 6.07) is 0.101. The molecule has 1 aromatic heterocycles. The highest BCUT2D eigenvalue weighted by Crippen LogP contribution is 2.42. The van der Waals surface area contributed by atoms with Gasteiger partial charge in [0.2, 0.25) is 0 Å². The number of nitrogens with zero attached hydrogens (tertiary/aromatic N) is 2. The van der Waals surface area contributed by atoms with Crippen molar-refractivity contribution in [2.24, 2.45) is 18.9 Å². The smallest absolute Gasteiger partial charge is 0.259 e. The minimum absolute atomic E-state index is 0. The van der Waals surface area contributed by atoms with Crippen LogP contribution in [-0.4, -0.2) is 37.1 Å². The summed E-state index contributed by atoms with van der Waals surface area (Å²) in [6.45, 7) is 3.62. The van der Waals surface area contributed by atoms with Crippen molar-refractivity contribution in [1.29, 1.82) is 0 Å². The first-order valence-corrected chi connectivity index (χ1v) is 7.20. The maximum atomic E-state index is 12.1. The summed E-state index contributed by atoms with van der Waals surface area (Å²) in [7, 11) is -1.66. The van der Waals surface area contributed by atoms with Crippen LogP contribution in [0, 0.1) is 18.8 Å². The molecule has 0 amide bonds. The predicted octanol–water partition coefficient (Wildman–Crippen LogP) is -0.354. The summed E-state index contributed by atoms with van der Waals surface area (Å²) >= 11 is 0. The van der Waals surface area contributed by atoms with E-state index in [2.05, 4.69) is 15.0 Å². The van der Waals surface area contributed by atoms with Gasteiger partial charge < -0.3 is 9.88 Å². The molecule has 2 atom stereocenters. The molecule has 0 aromatic carbocycles. The molecule has 0 bridgehead atoms. The molecule has 2 fully saturated rings. The molecule has 0 radical (unpaired) electrons. The number of halogens is 1. The van der Waals surface area contributed by atoms with Gasteiger partial charge in [-0.25, -0.2) is 18.1 Å². The van der Waals surface area contributed by atoms with Gasteiger partial charge in [-0.15, -0.1) is 12.4 Å². The largest absolute Gasteiger partial charge is 0.337 e. The van der Waals surface area contributed by atoms with E-state index >= 15 is 0 Å². The molecule has 1 aliphatic carbocycles. The highest BCUT2D eigenvalue weighted by molar-refractivity contribution is 7.89. The Balaban J connectivity index is 0.00000120. The number of piperidine rings is 1. The predicted molar refractivity (Wildman–Crippen MR) is 69.2 cm³/mol. The Bertz CT molecular complexity index is 527. The summed E-state index contributed by atoms with van der Waals surface area (Å²) in [4.78, 5) is 4.05. The molecule has 2 heterocycles. The van der Waals surface area contributed by atoms with Crippen molar-refractivity contribution < 1.29 is 8.42 Å². The Kier molecular flexibility index (Phi) is 3.44. The van der Waals surface area contributed by atoms with Gasteiger partial charge in [0.1, 0.15) is 5.82 Å². The Labute approximate surface area is 113 Å². The van der Waals surface area contributed by atoms with E-state index in [9.17, 15) is 8.42 Å². The third-order valence-electron chi connectivity index (χ3n) is 3.74. The van der Waals surface area contributed by atoms with Gasteiger partial charge in [-0.1, -0.05) is 0 Å². The van der Waals surface area contributed by atoms with E-state index in [4.69, 9.17) is 0 Å². The van der Waals surface area contributed by atoms with Crippen molar-refractivity contribution in [2.45, 2.75) is 18.0 Å². The zero-order chi connectivity index (χ0) is 12.2. The van der Waals surface area contributed by atoms with Crippen molar-refractivity contribution in [3.63, 3.8) is 0 Å². The van der Waals surface area contributed by atoms with Crippen molar-refractivity contribution in [2.75, 3.05) is 13.1 Å². The number of imidazole rings is 1. The summed E-state index contributed by atoms with van der Waals surface area (Å²) in [6.07, 6.45) is 1.55. The van der Waals surface area contributed by atoms with Crippen LogP contribution in [0.5, 0.6) is 0 Å². The number of hydrogen-bond donors (Lipinski definition) is 2. The average molecular weight is 293 g/mol. The Hall–Kier alpha value is -0.630. The van der Waals surface area contributed by atoms with E-state index in [1.54, 1.807) is 24.7 Å². The van der Waals surface area contributed by atoms with Gasteiger partial charge in [-0.05, 0) is 31.8 Å². The lowest BCUT2D eigenvalue weighted by Crippen LogP contribution is -2.32. The average Bonchev–Trinajstić information content (AvgIpc) is 2.69. The van der Waals surface area contributed by atoms with Crippen LogP contribution < -0.4 is 10.0 Å². The number of aryl methyl sites for hydroxylation is 2. The van der Waals surface area contributed by atoms with Crippen molar-refractivity contribution in [3.8, 4) is 0 Å². The third-order valence-corrected chi connectivity index (χ3v) is 5.07. The van der Waals surface area contributed by atoms with Crippen molar-refractivity contribution in [3.05, 3.63) is 12.0 Å². The number of sulfonamides is 1. The molecule has 6 nitrogen and oxygen atoms in total. The van der Waals surface area contributed by atoms with Crippen LogP contribution in [0.2, 0.25) is 0 Å². The zero-order valence-electron chi connectivity index (χ0n) is 10.3. The molecule has 102 valence electrons. The fraction of sp³-hybridized carbons (Fsp3) is 0.700. The van der Waals surface area contributed by atoms with Crippen LogP contribution in [0.3, 0.4) is 0 Å². The van der Waals surface area contributed by atoms with Gasteiger partial charge in [0.25, 0.3) is 10.0 Å². The number of fused-ring (bicyclic) bond motifs is 1. The second-order valence-corrected chi connectivity index (χ2v) is 6.53. The highest BCUT2D eigenvalue weighted by Gasteiger charge is 2.54. The first-order chi connectivity index (χ1) is 7.99. The highest BCUT2D eigenvalue weighted by atomic mass is 35.5. The number of aromatic nitrogens is 2. The Morgan fingerprint density at radius 2 is 2.06 bits per heavy atom. The molecule has 1 aromatic rings. The molecule has 8 heteroatoms. The molecular weight excluding hydrogens is 276 g/mol. The molecule has 1 saturated heterocycles. The number of nitrogens with one attached hydrogen (secondary N) is 2. The van der Waals surface area contributed by atoms with Crippen LogP contribution in [0.4, 0.5) is 0 Å². The van der Waals surface area contributed by atoms with E-state index < -0.39 is 10.0 Å². The molecule has 1 aliphatic heterocycles. The summed E-state index contributed by atoms with van der Waals surface area (Å²) in [5.41, 5.74) is 0. The minimum atomic E-state index is -3.45. The molecule has 2 aliphatic rings. The van der Waals surface area contributed by atoms with Gasteiger partial charge in [0.05, 0.1) is 0 Å². The third kappa shape index (κ3) is 2.16. The second-order valence-electron chi connectivity index (χ2n) is 4.87.